The average Bonchev–Trinajstić information content (AvgIpc) is 3.84. The number of hydrogen-bond acceptors (Lipinski definition) is 11. The van der Waals surface area contributed by atoms with Gasteiger partial charge in [-0.05, 0) is 81.0 Å². The minimum atomic E-state index is -3.98. The van der Waals surface area contributed by atoms with Crippen LogP contribution >= 0.6 is 0 Å². The standard InChI is InChI=1S/C33H36N6O9S/c40-32(23-8-11-27(29(20-23)38(42)43)35-14-4-5-15-35)34-26-22-25(49(46,47)37-18-2-1-3-19-37)10-13-31(26)48-33(41)24-9-12-28(30(21-24)39(44)45)36-16-6-7-17-36/h8-13,20-22H,1-7,14-19H2,(H,34,40). The lowest BCUT2D eigenvalue weighted by molar-refractivity contribution is -0.384. The number of nitro groups is 2. The second-order valence-corrected chi connectivity index (χ2v) is 14.2. The van der Waals surface area contributed by atoms with Crippen LogP contribution in [0.5, 0.6) is 5.75 Å². The number of carbonyl (C=O) groups is 2. The number of anilines is 3. The van der Waals surface area contributed by atoms with E-state index in [1.807, 2.05) is 9.80 Å². The van der Waals surface area contributed by atoms with Gasteiger partial charge in [0.25, 0.3) is 17.3 Å². The number of sulfonamides is 1. The summed E-state index contributed by atoms with van der Waals surface area (Å²) in [5.74, 6) is -1.99. The molecule has 0 spiro atoms. The molecule has 3 saturated heterocycles. The van der Waals surface area contributed by atoms with Crippen LogP contribution in [0, 0.1) is 20.2 Å². The van der Waals surface area contributed by atoms with Crippen molar-refractivity contribution in [3.8, 4) is 5.75 Å². The number of hydrogen-bond donors (Lipinski definition) is 1. The normalized spacial score (nSPS) is 16.8. The lowest BCUT2D eigenvalue weighted by Crippen LogP contribution is -2.35. The average molecular weight is 693 g/mol. The van der Waals surface area contributed by atoms with E-state index in [0.29, 0.717) is 63.5 Å². The highest BCUT2D eigenvalue weighted by Crippen LogP contribution is 2.36. The van der Waals surface area contributed by atoms with Gasteiger partial charge >= 0.3 is 5.97 Å². The predicted molar refractivity (Wildman–Crippen MR) is 181 cm³/mol. The number of rotatable bonds is 10. The zero-order valence-electron chi connectivity index (χ0n) is 26.7. The van der Waals surface area contributed by atoms with Gasteiger partial charge in [-0.1, -0.05) is 6.42 Å². The topological polar surface area (TPSA) is 186 Å². The van der Waals surface area contributed by atoms with Gasteiger partial charge in [-0.2, -0.15) is 4.31 Å². The van der Waals surface area contributed by atoms with Crippen molar-refractivity contribution in [2.45, 2.75) is 49.8 Å². The second kappa shape index (κ2) is 14.2. The molecule has 15 nitrogen and oxygen atoms in total. The van der Waals surface area contributed by atoms with E-state index in [9.17, 15) is 38.2 Å². The van der Waals surface area contributed by atoms with Crippen molar-refractivity contribution in [3.63, 3.8) is 0 Å². The zero-order valence-corrected chi connectivity index (χ0v) is 27.5. The fraction of sp³-hybridized carbons (Fsp3) is 0.394. The molecule has 3 fully saturated rings. The van der Waals surface area contributed by atoms with Crippen LogP contribution in [0.15, 0.2) is 59.5 Å². The Labute approximate surface area is 282 Å². The fourth-order valence-corrected chi connectivity index (χ4v) is 8.07. The Morgan fingerprint density at radius 2 is 1.18 bits per heavy atom. The summed E-state index contributed by atoms with van der Waals surface area (Å²) in [5.41, 5.74) is -0.0778. The van der Waals surface area contributed by atoms with Crippen molar-refractivity contribution in [2.24, 2.45) is 0 Å². The van der Waals surface area contributed by atoms with E-state index in [1.54, 1.807) is 0 Å². The molecule has 3 aliphatic rings. The smallest absolute Gasteiger partial charge is 0.343 e. The van der Waals surface area contributed by atoms with E-state index in [4.69, 9.17) is 4.74 Å². The highest BCUT2D eigenvalue weighted by Gasteiger charge is 2.30. The van der Waals surface area contributed by atoms with Gasteiger partial charge < -0.3 is 19.9 Å². The first-order valence-corrected chi connectivity index (χ1v) is 17.7. The summed E-state index contributed by atoms with van der Waals surface area (Å²) >= 11 is 0. The lowest BCUT2D eigenvalue weighted by atomic mass is 10.1. The summed E-state index contributed by atoms with van der Waals surface area (Å²) in [5, 5.41) is 26.5. The van der Waals surface area contributed by atoms with Gasteiger partial charge in [-0.15, -0.1) is 0 Å². The van der Waals surface area contributed by atoms with Gasteiger partial charge in [0.15, 0.2) is 5.75 Å². The molecule has 3 heterocycles. The van der Waals surface area contributed by atoms with Crippen molar-refractivity contribution in [2.75, 3.05) is 54.4 Å². The fourth-order valence-electron chi connectivity index (χ4n) is 6.52. The molecule has 0 unspecified atom stereocenters. The maximum atomic E-state index is 13.5. The van der Waals surface area contributed by atoms with E-state index < -0.39 is 31.7 Å². The van der Waals surface area contributed by atoms with Gasteiger partial charge in [0.1, 0.15) is 11.4 Å². The molecule has 0 atom stereocenters. The zero-order chi connectivity index (χ0) is 34.7. The summed E-state index contributed by atoms with van der Waals surface area (Å²) < 4.78 is 34.0. The van der Waals surface area contributed by atoms with E-state index in [1.165, 1.54) is 46.8 Å². The predicted octanol–water partition coefficient (Wildman–Crippen LogP) is 5.35. The number of carbonyl (C=O) groups excluding carboxylic acids is 2. The Morgan fingerprint density at radius 1 is 0.673 bits per heavy atom. The molecule has 258 valence electrons. The van der Waals surface area contributed by atoms with Crippen molar-refractivity contribution < 1.29 is 32.6 Å². The Balaban J connectivity index is 1.33. The number of piperidine rings is 1. The Bertz CT molecular complexity index is 1900. The number of esters is 1. The van der Waals surface area contributed by atoms with E-state index in [0.717, 1.165) is 44.2 Å². The monoisotopic (exact) mass is 692 g/mol. The molecular weight excluding hydrogens is 656 g/mol. The molecule has 3 aromatic rings. The molecule has 16 heteroatoms. The minimum absolute atomic E-state index is 0.0654. The molecule has 0 aromatic heterocycles. The van der Waals surface area contributed by atoms with Crippen molar-refractivity contribution in [3.05, 3.63) is 86.0 Å². The number of ether oxygens (including phenoxy) is 1. The van der Waals surface area contributed by atoms with Gasteiger partial charge in [0.05, 0.1) is 26.0 Å². The molecule has 49 heavy (non-hydrogen) atoms. The molecule has 0 radical (unpaired) electrons. The number of amides is 1. The van der Waals surface area contributed by atoms with Crippen molar-refractivity contribution in [1.29, 1.82) is 0 Å². The molecule has 3 aliphatic heterocycles. The molecule has 0 bridgehead atoms. The largest absolute Gasteiger partial charge is 0.421 e. The van der Waals surface area contributed by atoms with Crippen LogP contribution in [0.1, 0.15) is 65.7 Å². The summed E-state index contributed by atoms with van der Waals surface area (Å²) in [7, 11) is -3.98. The van der Waals surface area contributed by atoms with Crippen LogP contribution in [-0.2, 0) is 10.0 Å². The summed E-state index contributed by atoms with van der Waals surface area (Å²) in [4.78, 5) is 53.3. The maximum absolute atomic E-state index is 13.5. The number of nitrogens with zero attached hydrogens (tertiary/aromatic N) is 5. The van der Waals surface area contributed by atoms with E-state index >= 15 is 0 Å². The Kier molecular flexibility index (Phi) is 9.78. The third-order valence-corrected chi connectivity index (χ3v) is 11.0. The van der Waals surface area contributed by atoms with E-state index in [2.05, 4.69) is 5.32 Å². The first-order chi connectivity index (χ1) is 23.5. The third kappa shape index (κ3) is 7.19. The van der Waals surface area contributed by atoms with Crippen molar-refractivity contribution in [1.82, 2.24) is 4.31 Å². The van der Waals surface area contributed by atoms with Crippen LogP contribution in [0.3, 0.4) is 0 Å². The van der Waals surface area contributed by atoms with Crippen LogP contribution < -0.4 is 19.9 Å². The first kappa shape index (κ1) is 33.8. The van der Waals surface area contributed by atoms with Crippen molar-refractivity contribution >= 4 is 50.3 Å². The Morgan fingerprint density at radius 3 is 1.73 bits per heavy atom. The second-order valence-electron chi connectivity index (χ2n) is 12.3. The highest BCUT2D eigenvalue weighted by atomic mass is 32.2. The minimum Gasteiger partial charge on any atom is -0.421 e. The van der Waals surface area contributed by atoms with Gasteiger partial charge in [0, 0.05) is 57.0 Å². The number of benzene rings is 3. The number of nitrogens with one attached hydrogen (secondary N) is 1. The van der Waals surface area contributed by atoms with Crippen LogP contribution in [0.2, 0.25) is 0 Å². The van der Waals surface area contributed by atoms with Gasteiger partial charge in [-0.3, -0.25) is 25.0 Å². The van der Waals surface area contributed by atoms with Crippen LogP contribution in [-0.4, -0.2) is 73.7 Å². The quantitative estimate of drug-likeness (QED) is 0.125. The highest BCUT2D eigenvalue weighted by molar-refractivity contribution is 7.89. The SMILES string of the molecule is O=C(Nc1cc(S(=O)(=O)N2CCCCC2)ccc1OC(=O)c1ccc(N2CCCC2)c([N+](=O)[O-])c1)c1ccc(N2CCCC2)c([N+](=O)[O-])c1. The molecule has 1 N–H and O–H groups in total. The molecule has 3 aromatic carbocycles. The maximum Gasteiger partial charge on any atom is 0.343 e. The summed E-state index contributed by atoms with van der Waals surface area (Å²) in [6.07, 6.45) is 5.90. The summed E-state index contributed by atoms with van der Waals surface area (Å²) in [6, 6.07) is 11.8. The van der Waals surface area contributed by atoms with Gasteiger partial charge in [-0.25, -0.2) is 13.2 Å². The molecule has 0 aliphatic carbocycles. The molecular formula is C33H36N6O9S. The molecule has 6 rings (SSSR count). The summed E-state index contributed by atoms with van der Waals surface area (Å²) in [6.45, 7) is 3.29. The van der Waals surface area contributed by atoms with Gasteiger partial charge in [0.2, 0.25) is 10.0 Å². The third-order valence-electron chi connectivity index (χ3n) is 9.09. The first-order valence-electron chi connectivity index (χ1n) is 16.3. The number of nitro benzene ring substituents is 2. The molecule has 1 amide bonds. The van der Waals surface area contributed by atoms with Crippen LogP contribution in [0.25, 0.3) is 0 Å². The van der Waals surface area contributed by atoms with Crippen LogP contribution in [0.4, 0.5) is 28.4 Å². The lowest BCUT2D eigenvalue weighted by Gasteiger charge is -2.26. The van der Waals surface area contributed by atoms with E-state index in [-0.39, 0.29) is 38.8 Å². The Hall–Kier alpha value is -5.09. The molecule has 0 saturated carbocycles.